The molecule has 0 saturated heterocycles. The highest BCUT2D eigenvalue weighted by Gasteiger charge is 2.30. The summed E-state index contributed by atoms with van der Waals surface area (Å²) in [5, 5.41) is 10.6. The molecular weight excluding hydrogens is 1250 g/mol. The van der Waals surface area contributed by atoms with Gasteiger partial charge in [-0.2, -0.15) is 0 Å². The van der Waals surface area contributed by atoms with Crippen molar-refractivity contribution in [2.24, 2.45) is 23.7 Å². The Kier molecular flexibility index (Phi) is 64.0. The second kappa shape index (κ2) is 65.4. The molecule has 0 heterocycles. The van der Waals surface area contributed by atoms with E-state index in [1.807, 2.05) is 0 Å². The van der Waals surface area contributed by atoms with E-state index in [4.69, 9.17) is 37.0 Å². The Bertz CT molecular complexity index is 1870. The zero-order valence-corrected chi connectivity index (χ0v) is 64.1. The fraction of sp³-hybridized carbons (Fsp3) is 0.947. The smallest absolute Gasteiger partial charge is 0.462 e. The maximum absolute atomic E-state index is 13.1. The Morgan fingerprint density at radius 3 is 0.653 bits per heavy atom. The number of hydrogen-bond donors (Lipinski definition) is 3. The molecule has 3 N–H and O–H groups in total. The van der Waals surface area contributed by atoms with Crippen molar-refractivity contribution < 1.29 is 80.2 Å². The van der Waals surface area contributed by atoms with Crippen molar-refractivity contribution in [2.75, 3.05) is 39.6 Å². The zero-order valence-electron chi connectivity index (χ0n) is 62.3. The lowest BCUT2D eigenvalue weighted by Crippen LogP contribution is -2.30. The summed E-state index contributed by atoms with van der Waals surface area (Å²) in [6.45, 7) is 14.2. The lowest BCUT2D eigenvalue weighted by atomic mass is 10.0. The first-order valence-electron chi connectivity index (χ1n) is 39.2. The van der Waals surface area contributed by atoms with Crippen molar-refractivity contribution >= 4 is 39.5 Å². The minimum absolute atomic E-state index is 0.105. The standard InChI is InChI=1S/C76H148O17P2/c1-66(2)52-44-36-28-22-16-11-9-10-12-19-26-32-42-50-58-75(80)92-71(62-86-73(78)56-48-40-31-25-21-15-18-24-30-38-46-54-68(5)6)64-90-94(82,83)88-60-70(77)61-89-95(84,85)91-65-72(63-87-74(79)57-49-41-35-34-39-47-55-69(7)8)93-76(81)59-51-43-33-27-20-14-13-17-23-29-37-45-53-67(3)4/h66-72,77H,9-65H2,1-8H3,(H,82,83)(H,84,85)/t70-,71-,72-/m1/s1. The van der Waals surface area contributed by atoms with Crippen LogP contribution < -0.4 is 0 Å². The van der Waals surface area contributed by atoms with Crippen molar-refractivity contribution in [3.63, 3.8) is 0 Å². The van der Waals surface area contributed by atoms with Gasteiger partial charge < -0.3 is 33.8 Å². The number of rotatable bonds is 73. The van der Waals surface area contributed by atoms with Gasteiger partial charge in [0, 0.05) is 25.7 Å². The summed E-state index contributed by atoms with van der Waals surface area (Å²) in [5.41, 5.74) is 0. The summed E-state index contributed by atoms with van der Waals surface area (Å²) in [7, 11) is -9.91. The highest BCUT2D eigenvalue weighted by atomic mass is 31.2. The number of phosphoric ester groups is 2. The van der Waals surface area contributed by atoms with Crippen LogP contribution in [0.2, 0.25) is 0 Å². The predicted molar refractivity (Wildman–Crippen MR) is 386 cm³/mol. The number of carbonyl (C=O) groups is 4. The van der Waals surface area contributed by atoms with Crippen LogP contribution in [0.1, 0.15) is 383 Å². The van der Waals surface area contributed by atoms with Crippen LogP contribution in [-0.2, 0) is 65.4 Å². The Hall–Kier alpha value is -1.94. The molecular formula is C76H148O17P2. The van der Waals surface area contributed by atoms with Gasteiger partial charge in [0.15, 0.2) is 12.2 Å². The third-order valence-electron chi connectivity index (χ3n) is 17.6. The Morgan fingerprint density at radius 1 is 0.263 bits per heavy atom. The maximum Gasteiger partial charge on any atom is 0.472 e. The van der Waals surface area contributed by atoms with E-state index in [0.717, 1.165) is 114 Å². The first-order valence-corrected chi connectivity index (χ1v) is 42.2. The molecule has 0 aromatic rings. The van der Waals surface area contributed by atoms with E-state index in [1.165, 1.54) is 180 Å². The minimum atomic E-state index is -4.96. The maximum atomic E-state index is 13.1. The lowest BCUT2D eigenvalue weighted by molar-refractivity contribution is -0.161. The van der Waals surface area contributed by atoms with Crippen LogP contribution in [0.3, 0.4) is 0 Å². The minimum Gasteiger partial charge on any atom is -0.462 e. The van der Waals surface area contributed by atoms with Gasteiger partial charge in [-0.05, 0) is 49.4 Å². The van der Waals surface area contributed by atoms with Gasteiger partial charge >= 0.3 is 39.5 Å². The van der Waals surface area contributed by atoms with Gasteiger partial charge in [-0.1, -0.05) is 331 Å². The Labute approximate surface area is 581 Å². The largest absolute Gasteiger partial charge is 0.472 e. The number of ether oxygens (including phenoxy) is 4. The molecule has 0 aromatic heterocycles. The molecule has 0 aromatic carbocycles. The van der Waals surface area contributed by atoms with E-state index >= 15 is 0 Å². The van der Waals surface area contributed by atoms with Crippen LogP contribution in [0, 0.1) is 23.7 Å². The van der Waals surface area contributed by atoms with Gasteiger partial charge in [-0.3, -0.25) is 37.3 Å². The van der Waals surface area contributed by atoms with Crippen LogP contribution in [0.25, 0.3) is 0 Å². The molecule has 0 rings (SSSR count). The van der Waals surface area contributed by atoms with Gasteiger partial charge in [0.05, 0.1) is 26.4 Å². The normalized spacial score (nSPS) is 14.1. The fourth-order valence-corrected chi connectivity index (χ4v) is 13.1. The molecule has 0 radical (unpaired) electrons. The van der Waals surface area contributed by atoms with E-state index in [9.17, 15) is 43.2 Å². The van der Waals surface area contributed by atoms with Gasteiger partial charge in [0.2, 0.25) is 0 Å². The van der Waals surface area contributed by atoms with E-state index in [0.29, 0.717) is 31.6 Å². The van der Waals surface area contributed by atoms with Crippen molar-refractivity contribution in [2.45, 2.75) is 401 Å². The lowest BCUT2D eigenvalue weighted by Gasteiger charge is -2.21. The van der Waals surface area contributed by atoms with Crippen molar-refractivity contribution in [1.29, 1.82) is 0 Å². The third-order valence-corrected chi connectivity index (χ3v) is 19.5. The predicted octanol–water partition coefficient (Wildman–Crippen LogP) is 22.0. The number of esters is 4. The molecule has 17 nitrogen and oxygen atoms in total. The van der Waals surface area contributed by atoms with Crippen molar-refractivity contribution in [1.82, 2.24) is 0 Å². The number of hydrogen-bond acceptors (Lipinski definition) is 15. The SMILES string of the molecule is CC(C)CCCCCCCCCCCCCCCCC(=O)O[C@H](COC(=O)CCCCCCCCCCCCCC(C)C)COP(=O)(O)OC[C@@H](O)COP(=O)(O)OC[C@@H](COC(=O)CCCCCCCCC(C)C)OC(=O)CCCCCCCCCCCCCCC(C)C. The molecule has 0 aliphatic heterocycles. The monoisotopic (exact) mass is 1400 g/mol. The summed E-state index contributed by atoms with van der Waals surface area (Å²) < 4.78 is 68.5. The van der Waals surface area contributed by atoms with Crippen molar-refractivity contribution in [3.8, 4) is 0 Å². The van der Waals surface area contributed by atoms with E-state index in [2.05, 4.69) is 55.4 Å². The van der Waals surface area contributed by atoms with E-state index < -0.39 is 97.5 Å². The number of unbranched alkanes of at least 4 members (excludes halogenated alkanes) is 39. The number of aliphatic hydroxyl groups is 1. The highest BCUT2D eigenvalue weighted by molar-refractivity contribution is 7.47. The van der Waals surface area contributed by atoms with Crippen LogP contribution in [0.5, 0.6) is 0 Å². The molecule has 0 amide bonds. The highest BCUT2D eigenvalue weighted by Crippen LogP contribution is 2.45. The van der Waals surface area contributed by atoms with Gasteiger partial charge in [0.25, 0.3) is 0 Å². The molecule has 0 saturated carbocycles. The molecule has 0 spiro atoms. The summed E-state index contributed by atoms with van der Waals surface area (Å²) in [5.74, 6) is 0.900. The van der Waals surface area contributed by atoms with Crippen molar-refractivity contribution in [3.05, 3.63) is 0 Å². The summed E-state index contributed by atoms with van der Waals surface area (Å²) >= 11 is 0. The fourth-order valence-electron chi connectivity index (χ4n) is 11.6. The van der Waals surface area contributed by atoms with Crippen LogP contribution in [-0.4, -0.2) is 96.7 Å². The van der Waals surface area contributed by atoms with Gasteiger partial charge in [0.1, 0.15) is 19.3 Å². The van der Waals surface area contributed by atoms with E-state index in [1.54, 1.807) is 0 Å². The van der Waals surface area contributed by atoms with Crippen LogP contribution >= 0.6 is 15.6 Å². The first-order chi connectivity index (χ1) is 45.6. The van der Waals surface area contributed by atoms with E-state index in [-0.39, 0.29) is 25.7 Å². The van der Waals surface area contributed by atoms with Gasteiger partial charge in [-0.15, -0.1) is 0 Å². The van der Waals surface area contributed by atoms with Gasteiger partial charge in [-0.25, -0.2) is 9.13 Å². The van der Waals surface area contributed by atoms with Crippen LogP contribution in [0.4, 0.5) is 0 Å². The molecule has 2 unspecified atom stereocenters. The summed E-state index contributed by atoms with van der Waals surface area (Å²) in [4.78, 5) is 72.8. The number of carbonyl (C=O) groups excluding carboxylic acids is 4. The third kappa shape index (κ3) is 70.3. The molecule has 0 fully saturated rings. The number of aliphatic hydroxyl groups excluding tert-OH is 1. The Balaban J connectivity index is 5.24. The molecule has 19 heteroatoms. The average molecular weight is 1400 g/mol. The topological polar surface area (TPSA) is 237 Å². The molecule has 564 valence electrons. The molecule has 0 bridgehead atoms. The molecule has 0 aliphatic rings. The second-order valence-electron chi connectivity index (χ2n) is 29.3. The first kappa shape index (κ1) is 93.1. The molecule has 0 aliphatic carbocycles. The van der Waals surface area contributed by atoms with Crippen LogP contribution in [0.15, 0.2) is 0 Å². The molecule has 95 heavy (non-hydrogen) atoms. The summed E-state index contributed by atoms with van der Waals surface area (Å²) in [6, 6.07) is 0. The molecule has 5 atom stereocenters. The second-order valence-corrected chi connectivity index (χ2v) is 32.2. The number of phosphoric acid groups is 2. The zero-order chi connectivity index (χ0) is 70.3. The summed E-state index contributed by atoms with van der Waals surface area (Å²) in [6.07, 6.45) is 50.0. The quantitative estimate of drug-likeness (QED) is 0.0222. The average Bonchev–Trinajstić information content (AvgIpc) is 1.68. The Morgan fingerprint density at radius 2 is 0.442 bits per heavy atom.